The van der Waals surface area contributed by atoms with Crippen molar-refractivity contribution < 1.29 is 0 Å². The van der Waals surface area contributed by atoms with Gasteiger partial charge in [-0.25, -0.2) is 4.98 Å². The average molecular weight is 286 g/mol. The Morgan fingerprint density at radius 1 is 1.12 bits per heavy atom. The van der Waals surface area contributed by atoms with Crippen molar-refractivity contribution in [2.45, 2.75) is 11.8 Å². The molecule has 0 amide bonds. The van der Waals surface area contributed by atoms with E-state index < -0.39 is 0 Å². The number of alkyl halides is 2. The van der Waals surface area contributed by atoms with Crippen molar-refractivity contribution in [3.05, 3.63) is 52.5 Å². The molecule has 1 aromatic carbocycles. The molecule has 0 aliphatic carbocycles. The average Bonchev–Trinajstić information content (AvgIpc) is 2.90. The molecule has 0 saturated carbocycles. The lowest BCUT2D eigenvalue weighted by atomic mass is 9.80. The lowest BCUT2D eigenvalue weighted by Gasteiger charge is -2.29. The first-order chi connectivity index (χ1) is 8.30. The van der Waals surface area contributed by atoms with Gasteiger partial charge >= 0.3 is 0 Å². The molecule has 0 atom stereocenters. The Morgan fingerprint density at radius 3 is 2.35 bits per heavy atom. The highest BCUT2D eigenvalue weighted by Gasteiger charge is 2.31. The molecule has 0 radical (unpaired) electrons. The van der Waals surface area contributed by atoms with Crippen molar-refractivity contribution in [1.29, 1.82) is 0 Å². The van der Waals surface area contributed by atoms with Crippen LogP contribution < -0.4 is 0 Å². The van der Waals surface area contributed by atoms with Crippen molar-refractivity contribution in [1.82, 2.24) is 4.98 Å². The summed E-state index contributed by atoms with van der Waals surface area (Å²) >= 11 is 13.9. The van der Waals surface area contributed by atoms with E-state index in [9.17, 15) is 0 Å². The summed E-state index contributed by atoms with van der Waals surface area (Å²) in [4.78, 5) is 4.32. The van der Waals surface area contributed by atoms with Crippen LogP contribution in [0.3, 0.4) is 0 Å². The van der Waals surface area contributed by atoms with Gasteiger partial charge in [-0.15, -0.1) is 34.5 Å². The molecule has 0 spiro atoms. The third kappa shape index (κ3) is 2.82. The van der Waals surface area contributed by atoms with Crippen LogP contribution in [0.1, 0.15) is 11.3 Å². The highest BCUT2D eigenvalue weighted by Crippen LogP contribution is 2.31. The van der Waals surface area contributed by atoms with Crippen molar-refractivity contribution in [3.63, 3.8) is 0 Å². The molecule has 0 saturated heterocycles. The Kier molecular flexibility index (Phi) is 4.43. The molecule has 0 aliphatic heterocycles. The molecular formula is C13H13Cl2NS. The maximum absolute atomic E-state index is 6.17. The maximum atomic E-state index is 6.17. The monoisotopic (exact) mass is 285 g/mol. The third-order valence-corrected chi connectivity index (χ3v) is 4.56. The fourth-order valence-corrected chi connectivity index (χ4v) is 3.19. The van der Waals surface area contributed by atoms with Gasteiger partial charge in [0.25, 0.3) is 0 Å². The first-order valence-corrected chi connectivity index (χ1v) is 7.36. The summed E-state index contributed by atoms with van der Waals surface area (Å²) < 4.78 is 0. The summed E-state index contributed by atoms with van der Waals surface area (Å²) in [5, 5.41) is 2.05. The molecule has 4 heteroatoms. The van der Waals surface area contributed by atoms with Gasteiger partial charge in [0.1, 0.15) is 0 Å². The van der Waals surface area contributed by atoms with E-state index in [0.29, 0.717) is 11.8 Å². The molecule has 1 nitrogen and oxygen atoms in total. The summed E-state index contributed by atoms with van der Waals surface area (Å²) in [5.74, 6) is 0.996. The predicted molar refractivity (Wildman–Crippen MR) is 75.4 cm³/mol. The number of benzene rings is 1. The fraction of sp³-hybridized carbons (Fsp3) is 0.308. The number of halogens is 2. The van der Waals surface area contributed by atoms with Gasteiger partial charge < -0.3 is 0 Å². The number of rotatable bonds is 5. The number of hydrogen-bond donors (Lipinski definition) is 0. The lowest BCUT2D eigenvalue weighted by Crippen LogP contribution is -2.33. The van der Waals surface area contributed by atoms with Crippen molar-refractivity contribution in [3.8, 4) is 0 Å². The molecule has 1 heterocycles. The Morgan fingerprint density at radius 2 is 1.82 bits per heavy atom. The minimum Gasteiger partial charge on any atom is -0.250 e. The predicted octanol–water partition coefficient (Wildman–Crippen LogP) is 4.10. The van der Waals surface area contributed by atoms with Crippen LogP contribution >= 0.6 is 34.5 Å². The Labute approximate surface area is 115 Å². The topological polar surface area (TPSA) is 12.9 Å². The van der Waals surface area contributed by atoms with E-state index in [1.54, 1.807) is 11.3 Å². The molecular weight excluding hydrogens is 273 g/mol. The van der Waals surface area contributed by atoms with Crippen LogP contribution in [-0.2, 0) is 11.8 Å². The summed E-state index contributed by atoms with van der Waals surface area (Å²) in [6, 6.07) is 10.2. The highest BCUT2D eigenvalue weighted by molar-refractivity contribution is 7.07. The summed E-state index contributed by atoms with van der Waals surface area (Å²) in [6.07, 6.45) is 0.785. The normalized spacial score (nSPS) is 11.6. The van der Waals surface area contributed by atoms with E-state index in [-0.39, 0.29) is 5.41 Å². The van der Waals surface area contributed by atoms with Gasteiger partial charge in [0.15, 0.2) is 0 Å². The van der Waals surface area contributed by atoms with E-state index in [1.165, 1.54) is 5.56 Å². The molecule has 2 aromatic rings. The van der Waals surface area contributed by atoms with Crippen molar-refractivity contribution in [2.24, 2.45) is 0 Å². The van der Waals surface area contributed by atoms with Crippen LogP contribution in [0.2, 0.25) is 0 Å². The number of aromatic nitrogens is 1. The molecule has 0 fully saturated rings. The summed E-state index contributed by atoms with van der Waals surface area (Å²) in [7, 11) is 0. The lowest BCUT2D eigenvalue weighted by molar-refractivity contribution is 0.530. The van der Waals surface area contributed by atoms with Crippen LogP contribution in [0.25, 0.3) is 0 Å². The third-order valence-electron chi connectivity index (χ3n) is 2.90. The number of thiazole rings is 1. The minimum absolute atomic E-state index is 0.224. The van der Waals surface area contributed by atoms with Crippen LogP contribution in [0.5, 0.6) is 0 Å². The molecule has 0 bridgehead atoms. The minimum atomic E-state index is -0.224. The molecule has 2 rings (SSSR count). The number of hydrogen-bond acceptors (Lipinski definition) is 2. The van der Waals surface area contributed by atoms with E-state index in [0.717, 1.165) is 12.1 Å². The van der Waals surface area contributed by atoms with Gasteiger partial charge in [-0.05, 0) is 5.56 Å². The van der Waals surface area contributed by atoms with Crippen molar-refractivity contribution in [2.75, 3.05) is 11.8 Å². The maximum Gasteiger partial charge on any atom is 0.0794 e. The van der Waals surface area contributed by atoms with Crippen molar-refractivity contribution >= 4 is 34.5 Å². The molecule has 1 aromatic heterocycles. The number of nitrogens with zero attached hydrogens (tertiary/aromatic N) is 1. The Balaban J connectivity index is 2.32. The van der Waals surface area contributed by atoms with Crippen LogP contribution in [0.4, 0.5) is 0 Å². The second kappa shape index (κ2) is 5.85. The zero-order valence-electron chi connectivity index (χ0n) is 9.27. The standard InChI is InChI=1S/C13H13Cl2NS/c14-8-13(9-15,6-12-7-17-10-16-12)11-4-2-1-3-5-11/h1-5,7,10H,6,8-9H2. The van der Waals surface area contributed by atoms with E-state index in [1.807, 2.05) is 23.7 Å². The summed E-state index contributed by atoms with van der Waals surface area (Å²) in [5.41, 5.74) is 3.85. The molecule has 0 aliphatic rings. The second-order valence-corrected chi connectivity index (χ2v) is 5.32. The largest absolute Gasteiger partial charge is 0.250 e. The zero-order valence-corrected chi connectivity index (χ0v) is 11.6. The first-order valence-electron chi connectivity index (χ1n) is 5.35. The molecule has 17 heavy (non-hydrogen) atoms. The molecule has 90 valence electrons. The highest BCUT2D eigenvalue weighted by atomic mass is 35.5. The fourth-order valence-electron chi connectivity index (χ4n) is 1.85. The van der Waals surface area contributed by atoms with E-state index >= 15 is 0 Å². The van der Waals surface area contributed by atoms with Gasteiger partial charge in [0, 0.05) is 29.0 Å². The molecule has 0 N–H and O–H groups in total. The van der Waals surface area contributed by atoms with Crippen LogP contribution in [0, 0.1) is 0 Å². The van der Waals surface area contributed by atoms with Gasteiger partial charge in [-0.2, -0.15) is 0 Å². The van der Waals surface area contributed by atoms with E-state index in [4.69, 9.17) is 23.2 Å². The van der Waals surface area contributed by atoms with Crippen LogP contribution in [0.15, 0.2) is 41.2 Å². The van der Waals surface area contributed by atoms with Crippen LogP contribution in [-0.4, -0.2) is 16.7 Å². The molecule has 0 unspecified atom stereocenters. The van der Waals surface area contributed by atoms with Gasteiger partial charge in [0.05, 0.1) is 11.2 Å². The Hall–Kier alpha value is -0.570. The zero-order chi connectivity index (χ0) is 12.1. The van der Waals surface area contributed by atoms with Gasteiger partial charge in [-0.3, -0.25) is 0 Å². The van der Waals surface area contributed by atoms with E-state index in [2.05, 4.69) is 22.5 Å². The quantitative estimate of drug-likeness (QED) is 0.754. The summed E-state index contributed by atoms with van der Waals surface area (Å²) in [6.45, 7) is 0. The first kappa shape index (κ1) is 12.9. The SMILES string of the molecule is ClCC(CCl)(Cc1cscn1)c1ccccc1. The smallest absolute Gasteiger partial charge is 0.0794 e. The Bertz CT molecular complexity index is 438. The van der Waals surface area contributed by atoms with Gasteiger partial charge in [0.2, 0.25) is 0 Å². The second-order valence-electron chi connectivity index (χ2n) is 4.07. The van der Waals surface area contributed by atoms with Gasteiger partial charge in [-0.1, -0.05) is 30.3 Å².